The maximum atomic E-state index is 15.1. The molecule has 0 spiro atoms. The first-order valence-electron chi connectivity index (χ1n) is 13.6. The molecule has 0 bridgehead atoms. The maximum absolute atomic E-state index is 15.1. The van der Waals surface area contributed by atoms with E-state index in [4.69, 9.17) is 32.7 Å². The van der Waals surface area contributed by atoms with Crippen molar-refractivity contribution in [2.45, 2.75) is 37.5 Å². The Morgan fingerprint density at radius 2 is 1.71 bits per heavy atom. The molecule has 0 saturated carbocycles. The Labute approximate surface area is 262 Å². The van der Waals surface area contributed by atoms with Gasteiger partial charge in [-0.15, -0.1) is 0 Å². The van der Waals surface area contributed by atoms with Crippen molar-refractivity contribution in [2.24, 2.45) is 0 Å². The Kier molecular flexibility index (Phi) is 9.43. The van der Waals surface area contributed by atoms with E-state index in [0.717, 1.165) is 17.0 Å². The molecular formula is C30H24Cl2F6N2O5. The average Bonchev–Trinajstić information content (AvgIpc) is 2.96. The van der Waals surface area contributed by atoms with Crippen molar-refractivity contribution in [1.29, 1.82) is 0 Å². The largest absolute Gasteiger partial charge is 0.493 e. The molecular weight excluding hydrogens is 653 g/mol. The summed E-state index contributed by atoms with van der Waals surface area (Å²) in [6.45, 7) is -0.837. The van der Waals surface area contributed by atoms with Crippen molar-refractivity contribution in [3.63, 3.8) is 0 Å². The van der Waals surface area contributed by atoms with Gasteiger partial charge in [0.15, 0.2) is 0 Å². The van der Waals surface area contributed by atoms with Crippen molar-refractivity contribution >= 4 is 40.8 Å². The molecule has 3 aromatic rings. The number of nitrogens with zero attached hydrogens (tertiary/aromatic N) is 1. The minimum absolute atomic E-state index is 0.0254. The van der Waals surface area contributed by atoms with Crippen LogP contribution in [-0.2, 0) is 22.4 Å². The lowest BCUT2D eigenvalue weighted by Gasteiger charge is -2.38. The van der Waals surface area contributed by atoms with Crippen molar-refractivity contribution in [3.8, 4) is 16.9 Å². The molecule has 1 fully saturated rings. The Balaban J connectivity index is 1.42. The summed E-state index contributed by atoms with van der Waals surface area (Å²) in [6.07, 6.45) is -4.06. The summed E-state index contributed by atoms with van der Waals surface area (Å²) in [7, 11) is 0. The zero-order chi connectivity index (χ0) is 32.6. The number of aliphatic carboxylic acids is 1. The van der Waals surface area contributed by atoms with Gasteiger partial charge in [-0.1, -0.05) is 35.3 Å². The van der Waals surface area contributed by atoms with Crippen LogP contribution in [0.5, 0.6) is 5.75 Å². The number of hydrogen-bond acceptors (Lipinski definition) is 5. The molecule has 2 N–H and O–H groups in total. The molecule has 3 aromatic carbocycles. The van der Waals surface area contributed by atoms with E-state index < -0.39 is 65.4 Å². The number of alkyl halides is 3. The van der Waals surface area contributed by atoms with Crippen LogP contribution in [0.15, 0.2) is 36.4 Å². The topological polar surface area (TPSA) is 88.1 Å². The number of anilines is 1. The van der Waals surface area contributed by atoms with Gasteiger partial charge in [-0.3, -0.25) is 4.79 Å². The van der Waals surface area contributed by atoms with E-state index in [1.165, 1.54) is 0 Å². The van der Waals surface area contributed by atoms with E-state index >= 15 is 8.78 Å². The van der Waals surface area contributed by atoms with Gasteiger partial charge in [0.2, 0.25) is 0 Å². The summed E-state index contributed by atoms with van der Waals surface area (Å²) in [5.74, 6) is -6.16. The lowest BCUT2D eigenvalue weighted by atomic mass is 9.90. The first-order valence-corrected chi connectivity index (χ1v) is 14.4. The van der Waals surface area contributed by atoms with Crippen LogP contribution < -0.4 is 15.0 Å². The molecule has 0 unspecified atom stereocenters. The van der Waals surface area contributed by atoms with Crippen LogP contribution in [0.3, 0.4) is 0 Å². The van der Waals surface area contributed by atoms with Crippen LogP contribution in [0.2, 0.25) is 10.0 Å². The van der Waals surface area contributed by atoms with Crippen LogP contribution in [0, 0.1) is 17.5 Å². The summed E-state index contributed by atoms with van der Waals surface area (Å²) in [4.78, 5) is 25.9. The van der Waals surface area contributed by atoms with Crippen molar-refractivity contribution < 1.29 is 50.5 Å². The van der Waals surface area contributed by atoms with E-state index in [2.05, 4.69) is 5.32 Å². The molecule has 0 aliphatic carbocycles. The lowest BCUT2D eigenvalue weighted by molar-refractivity contribution is -0.167. The number of rotatable bonds is 7. The minimum Gasteiger partial charge on any atom is -0.493 e. The molecule has 0 aromatic heterocycles. The van der Waals surface area contributed by atoms with Crippen LogP contribution in [0.4, 0.5) is 32.0 Å². The molecule has 1 amide bonds. The average molecular weight is 677 g/mol. The van der Waals surface area contributed by atoms with Crippen molar-refractivity contribution in [3.05, 3.63) is 80.6 Å². The van der Waals surface area contributed by atoms with E-state index in [1.807, 2.05) is 0 Å². The molecule has 2 aliphatic rings. The Morgan fingerprint density at radius 3 is 2.33 bits per heavy atom. The van der Waals surface area contributed by atoms with E-state index in [0.29, 0.717) is 59.6 Å². The van der Waals surface area contributed by atoms with E-state index in [9.17, 15) is 32.3 Å². The van der Waals surface area contributed by atoms with E-state index in [1.54, 1.807) is 12.1 Å². The quantitative estimate of drug-likeness (QED) is 0.275. The van der Waals surface area contributed by atoms with Gasteiger partial charge in [-0.25, -0.2) is 18.0 Å². The number of benzene rings is 3. The number of fused-ring (bicyclic) bond motifs is 1. The number of carbonyl (C=O) groups excluding carboxylic acids is 1. The molecule has 2 heterocycles. The second kappa shape index (κ2) is 13.0. The first-order chi connectivity index (χ1) is 21.3. The van der Waals surface area contributed by atoms with Crippen LogP contribution >= 0.6 is 23.2 Å². The second-order valence-corrected chi connectivity index (χ2v) is 11.3. The van der Waals surface area contributed by atoms with Crippen LogP contribution in [-0.4, -0.2) is 61.6 Å². The molecule has 15 heteroatoms. The molecule has 5 rings (SSSR count). The second-order valence-electron chi connectivity index (χ2n) is 10.5. The highest BCUT2D eigenvalue weighted by Crippen LogP contribution is 2.44. The molecule has 2 aliphatic heterocycles. The van der Waals surface area contributed by atoms with Crippen molar-refractivity contribution in [1.82, 2.24) is 5.32 Å². The third-order valence-corrected chi connectivity index (χ3v) is 8.17. The standard InChI is InChI=1S/C30H24Cl2F6N2O5/c31-19-9-15(33)10-20(32)25(19)18-4-3-14(17-2-1-6-45-27(17)18)8-23(29(42)43)39-28(41)26-21(34)11-16(12-22(26)35)40-5-7-44-13-24(40)30(36,37)38/h3-4,9-12,23-24H,1-2,5-8,13H2,(H,39,41)(H,42,43)/t23-,24-/m0/s1. The zero-order valence-corrected chi connectivity index (χ0v) is 24.6. The summed E-state index contributed by atoms with van der Waals surface area (Å²) >= 11 is 12.5. The minimum atomic E-state index is -4.75. The summed E-state index contributed by atoms with van der Waals surface area (Å²) in [6, 6.07) is 2.66. The molecule has 2 atom stereocenters. The molecule has 0 radical (unpaired) electrons. The predicted molar refractivity (Wildman–Crippen MR) is 153 cm³/mol. The third-order valence-electron chi connectivity index (χ3n) is 7.57. The van der Waals surface area contributed by atoms with Crippen LogP contribution in [0.25, 0.3) is 11.1 Å². The number of halogens is 8. The zero-order valence-electron chi connectivity index (χ0n) is 23.1. The number of ether oxygens (including phenoxy) is 2. The smallest absolute Gasteiger partial charge is 0.411 e. The van der Waals surface area contributed by atoms with Gasteiger partial charge in [0.05, 0.1) is 29.9 Å². The number of nitrogens with one attached hydrogen (secondary N) is 1. The van der Waals surface area contributed by atoms with Gasteiger partial charge in [0, 0.05) is 29.8 Å². The molecule has 1 saturated heterocycles. The third kappa shape index (κ3) is 6.80. The molecule has 45 heavy (non-hydrogen) atoms. The van der Waals surface area contributed by atoms with Gasteiger partial charge < -0.3 is 24.8 Å². The Hall–Kier alpha value is -3.68. The maximum Gasteiger partial charge on any atom is 0.411 e. The highest BCUT2D eigenvalue weighted by Gasteiger charge is 2.46. The Morgan fingerprint density at radius 1 is 1.04 bits per heavy atom. The SMILES string of the molecule is O=C(N[C@@H](Cc1ccc(-c2c(Cl)cc(F)cc2Cl)c2c1CCCO2)C(=O)O)c1c(F)cc(N2CCOC[C@H]2C(F)(F)F)cc1F. The molecule has 240 valence electrons. The number of carbonyl (C=O) groups is 2. The summed E-state index contributed by atoms with van der Waals surface area (Å²) in [5, 5.41) is 12.1. The highest BCUT2D eigenvalue weighted by molar-refractivity contribution is 6.39. The Bertz CT molecular complexity index is 1610. The lowest BCUT2D eigenvalue weighted by Crippen LogP contribution is -2.53. The monoisotopic (exact) mass is 676 g/mol. The van der Waals surface area contributed by atoms with Crippen LogP contribution in [0.1, 0.15) is 27.9 Å². The summed E-state index contributed by atoms with van der Waals surface area (Å²) < 4.78 is 95.2. The highest BCUT2D eigenvalue weighted by atomic mass is 35.5. The van der Waals surface area contributed by atoms with Gasteiger partial charge >= 0.3 is 12.1 Å². The van der Waals surface area contributed by atoms with E-state index in [-0.39, 0.29) is 29.6 Å². The molecule has 7 nitrogen and oxygen atoms in total. The normalized spacial score (nSPS) is 17.3. The van der Waals surface area contributed by atoms with Crippen molar-refractivity contribution in [2.75, 3.05) is 31.3 Å². The van der Waals surface area contributed by atoms with Gasteiger partial charge in [0.1, 0.15) is 40.8 Å². The first kappa shape index (κ1) is 32.7. The van der Waals surface area contributed by atoms with Gasteiger partial charge in [0.25, 0.3) is 5.91 Å². The predicted octanol–water partition coefficient (Wildman–Crippen LogP) is 6.60. The van der Waals surface area contributed by atoms with Gasteiger partial charge in [-0.2, -0.15) is 13.2 Å². The number of hydrogen-bond donors (Lipinski definition) is 2. The number of carboxylic acid groups (broad SMARTS) is 1. The summed E-state index contributed by atoms with van der Waals surface area (Å²) in [5.41, 5.74) is 0.176. The fourth-order valence-electron chi connectivity index (χ4n) is 5.50. The van der Waals surface area contributed by atoms with Gasteiger partial charge in [-0.05, 0) is 48.2 Å². The number of carboxylic acids is 1. The number of morpholine rings is 1. The fourth-order valence-corrected chi connectivity index (χ4v) is 6.16. The number of amides is 1. The fraction of sp³-hybridized carbons (Fsp3) is 0.333.